The van der Waals surface area contributed by atoms with E-state index in [1.165, 1.54) is 53.7 Å². The van der Waals surface area contributed by atoms with Crippen LogP contribution in [0.4, 0.5) is 5.69 Å². The summed E-state index contributed by atoms with van der Waals surface area (Å²) in [6.45, 7) is 4.50. The van der Waals surface area contributed by atoms with Gasteiger partial charge in [0.05, 0.1) is 33.7 Å². The van der Waals surface area contributed by atoms with E-state index in [4.69, 9.17) is 9.98 Å². The molecule has 9 aromatic rings. The van der Waals surface area contributed by atoms with Crippen LogP contribution in [0.3, 0.4) is 0 Å². The molecule has 0 bridgehead atoms. The zero-order chi connectivity index (χ0) is 29.0. The Morgan fingerprint density at radius 2 is 1.34 bits per heavy atom. The monoisotopic (exact) mass is 582 g/mol. The average Bonchev–Trinajstić information content (AvgIpc) is 3.50. The van der Waals surface area contributed by atoms with Gasteiger partial charge in [-0.2, -0.15) is 0 Å². The number of benzene rings is 7. The first-order valence-corrected chi connectivity index (χ1v) is 15.7. The van der Waals surface area contributed by atoms with Crippen LogP contribution in [-0.2, 0) is 6.54 Å². The molecule has 0 atom stereocenters. The Labute approximate surface area is 254 Å². The van der Waals surface area contributed by atoms with E-state index in [0.29, 0.717) is 0 Å². The minimum atomic E-state index is 0.121. The van der Waals surface area contributed by atoms with Gasteiger partial charge in [-0.05, 0) is 106 Å². The third kappa shape index (κ3) is 2.67. The lowest BCUT2D eigenvalue weighted by molar-refractivity contribution is 0.0976. The predicted molar refractivity (Wildman–Crippen MR) is 180 cm³/mol. The van der Waals surface area contributed by atoms with Crippen LogP contribution in [0, 0.1) is 13.8 Å². The lowest BCUT2D eigenvalue weighted by atomic mass is 9.85. The van der Waals surface area contributed by atoms with E-state index < -0.39 is 0 Å². The van der Waals surface area contributed by atoms with Gasteiger partial charge in [0, 0.05) is 32.7 Å². The topological polar surface area (TPSA) is 52.2 Å². The Morgan fingerprint density at radius 1 is 0.659 bits per heavy atom. The van der Waals surface area contributed by atoms with Gasteiger partial charge >= 0.3 is 0 Å². The van der Waals surface area contributed by atoms with E-state index in [9.17, 15) is 4.79 Å². The molecule has 5 nitrogen and oxygen atoms in total. The number of nitrogens with zero attached hydrogens (tertiary/aromatic N) is 4. The number of aryl methyl sites for hydroxylation is 2. The maximum Gasteiger partial charge on any atom is 0.183 e. The molecular formula is C38H22N4OS. The molecule has 4 heterocycles. The Kier molecular flexibility index (Phi) is 4.05. The number of ketones is 1. The molecule has 206 valence electrons. The van der Waals surface area contributed by atoms with Crippen molar-refractivity contribution in [3.8, 4) is 11.4 Å². The molecule has 7 aromatic carbocycles. The number of fused-ring (bicyclic) bond motifs is 10. The van der Waals surface area contributed by atoms with Crippen LogP contribution in [0.25, 0.3) is 76.4 Å². The summed E-state index contributed by atoms with van der Waals surface area (Å²) in [5.74, 6) is 0.985. The van der Waals surface area contributed by atoms with E-state index in [1.807, 2.05) is 6.07 Å². The van der Waals surface area contributed by atoms with Gasteiger partial charge < -0.3 is 4.57 Å². The van der Waals surface area contributed by atoms with Crippen LogP contribution < -0.4 is 5.49 Å². The highest BCUT2D eigenvalue weighted by Gasteiger charge is 2.28. The second kappa shape index (κ2) is 7.65. The molecule has 0 spiro atoms. The molecule has 0 saturated carbocycles. The van der Waals surface area contributed by atoms with Crippen LogP contribution in [0.5, 0.6) is 0 Å². The molecule has 44 heavy (non-hydrogen) atoms. The maximum atomic E-state index is 13.9. The number of imidazole rings is 1. The quantitative estimate of drug-likeness (QED) is 0.132. The highest BCUT2D eigenvalue weighted by atomic mass is 32.2. The summed E-state index contributed by atoms with van der Waals surface area (Å²) in [5, 5.41) is 10.6. The molecule has 0 N–H and O–H groups in total. The third-order valence-electron chi connectivity index (χ3n) is 9.81. The fraction of sp³-hybridized carbons (Fsp3) is 0.0789. The second-order valence-corrected chi connectivity index (χ2v) is 13.3. The molecule has 2 aliphatic rings. The first kappa shape index (κ1) is 23.3. The lowest BCUT2D eigenvalue weighted by Gasteiger charge is -2.17. The number of Topliss-reactive ketones (excluding diaryl/α,β-unsaturated/α-hetero) is 1. The normalized spacial score (nSPS) is 14.2. The van der Waals surface area contributed by atoms with Crippen molar-refractivity contribution in [2.24, 2.45) is 4.99 Å². The Morgan fingerprint density at radius 3 is 2.18 bits per heavy atom. The number of rotatable bonds is 0. The van der Waals surface area contributed by atoms with Crippen molar-refractivity contribution in [2.75, 3.05) is 0 Å². The minimum absolute atomic E-state index is 0.121. The first-order valence-electron chi connectivity index (χ1n) is 14.9. The van der Waals surface area contributed by atoms with E-state index in [2.05, 4.69) is 101 Å². The van der Waals surface area contributed by atoms with Gasteiger partial charge in [0.25, 0.3) is 0 Å². The molecule has 2 aromatic heterocycles. The summed E-state index contributed by atoms with van der Waals surface area (Å²) in [6, 6.07) is 30.4. The number of carbonyl (C=O) groups is 1. The molecule has 2 aliphatic heterocycles. The van der Waals surface area contributed by atoms with Crippen LogP contribution >= 0.6 is 11.9 Å². The van der Waals surface area contributed by atoms with E-state index >= 15 is 0 Å². The highest BCUT2D eigenvalue weighted by Crippen LogP contribution is 2.48. The van der Waals surface area contributed by atoms with Crippen molar-refractivity contribution in [3.63, 3.8) is 0 Å². The first-order chi connectivity index (χ1) is 21.5. The number of aromatic nitrogens is 3. The van der Waals surface area contributed by atoms with E-state index in [1.54, 1.807) is 11.9 Å². The zero-order valence-electron chi connectivity index (χ0n) is 23.9. The standard InChI is InChI=1S/C38H22N4OS/c1-18-3-12-27-30(15-18)41-17-31(43)24-8-5-20-23-11-14-29-36-26(38-40-28-13-4-19(2)16-32(28)44-42(29)38)10-7-22(34(23)36)21-6-9-25(37(41)39-27)35(24)33(20)21/h3-16H,17H2,1-2H3. The van der Waals surface area contributed by atoms with Gasteiger partial charge in [0.2, 0.25) is 0 Å². The number of hydrogen-bond donors (Lipinski definition) is 0. The molecule has 0 amide bonds. The summed E-state index contributed by atoms with van der Waals surface area (Å²) in [5.41, 5.74) is 9.33. The molecule has 0 radical (unpaired) electrons. The highest BCUT2D eigenvalue weighted by molar-refractivity contribution is 7.98. The largest absolute Gasteiger partial charge is 0.316 e. The number of hydrogen-bond acceptors (Lipinski definition) is 4. The average molecular weight is 583 g/mol. The zero-order valence-corrected chi connectivity index (χ0v) is 24.7. The molecule has 6 heteroatoms. The smallest absolute Gasteiger partial charge is 0.183 e. The molecule has 11 rings (SSSR count). The van der Waals surface area contributed by atoms with Gasteiger partial charge in [-0.1, -0.05) is 42.5 Å². The summed E-state index contributed by atoms with van der Waals surface area (Å²) in [4.78, 5) is 25.4. The van der Waals surface area contributed by atoms with Crippen molar-refractivity contribution in [2.45, 2.75) is 25.3 Å². The van der Waals surface area contributed by atoms with Gasteiger partial charge in [-0.3, -0.25) is 8.77 Å². The van der Waals surface area contributed by atoms with Crippen LogP contribution in [-0.4, -0.2) is 19.3 Å². The van der Waals surface area contributed by atoms with Gasteiger partial charge in [-0.25, -0.2) is 9.98 Å². The van der Waals surface area contributed by atoms with Gasteiger partial charge in [0.15, 0.2) is 11.3 Å². The van der Waals surface area contributed by atoms with Crippen molar-refractivity contribution in [1.82, 2.24) is 13.5 Å². The fourth-order valence-electron chi connectivity index (χ4n) is 7.89. The third-order valence-corrected chi connectivity index (χ3v) is 10.9. The Hall–Kier alpha value is -5.20. The van der Waals surface area contributed by atoms with Crippen molar-refractivity contribution in [1.29, 1.82) is 0 Å². The van der Waals surface area contributed by atoms with Crippen molar-refractivity contribution >= 4 is 88.4 Å². The Bertz CT molecular complexity index is 2850. The summed E-state index contributed by atoms with van der Waals surface area (Å²) < 4.78 is 4.40. The van der Waals surface area contributed by atoms with Crippen LogP contribution in [0.1, 0.15) is 21.5 Å². The van der Waals surface area contributed by atoms with Crippen LogP contribution in [0.15, 0.2) is 94.8 Å². The Balaban J connectivity index is 1.29. The van der Waals surface area contributed by atoms with Crippen molar-refractivity contribution in [3.05, 3.63) is 107 Å². The second-order valence-electron chi connectivity index (χ2n) is 12.3. The van der Waals surface area contributed by atoms with Crippen LogP contribution in [0.2, 0.25) is 0 Å². The van der Waals surface area contributed by atoms with Gasteiger partial charge in [-0.15, -0.1) is 0 Å². The van der Waals surface area contributed by atoms with E-state index in [-0.39, 0.29) is 12.3 Å². The van der Waals surface area contributed by atoms with Gasteiger partial charge in [0.1, 0.15) is 5.82 Å². The molecular weight excluding hydrogens is 561 g/mol. The summed E-state index contributed by atoms with van der Waals surface area (Å²) in [6.07, 6.45) is 0. The van der Waals surface area contributed by atoms with E-state index in [0.717, 1.165) is 55.5 Å². The minimum Gasteiger partial charge on any atom is -0.316 e. The number of carbonyl (C=O) groups excluding carboxylic acids is 1. The molecule has 0 unspecified atom stereocenters. The maximum absolute atomic E-state index is 13.9. The summed E-state index contributed by atoms with van der Waals surface area (Å²) in [7, 11) is 0. The lowest BCUT2D eigenvalue weighted by Crippen LogP contribution is -2.14. The SMILES string of the molecule is Cc1ccc2c(c1)Sn1c(c3ccc4c5ccc6c7c(ccc(c8ccc1c3c48)c75)C(=O)Cn1c-6nc3ccc(C)cc31)=N2. The van der Waals surface area contributed by atoms with Crippen molar-refractivity contribution < 1.29 is 4.79 Å². The molecule has 0 saturated heterocycles. The summed E-state index contributed by atoms with van der Waals surface area (Å²) >= 11 is 1.76. The molecule has 0 aliphatic carbocycles. The fourth-order valence-corrected chi connectivity index (χ4v) is 9.01. The predicted octanol–water partition coefficient (Wildman–Crippen LogP) is 9.06. The molecule has 0 fully saturated rings.